The molecule has 0 aromatic heterocycles. The van der Waals surface area contributed by atoms with E-state index in [2.05, 4.69) is 0 Å². The van der Waals surface area contributed by atoms with Gasteiger partial charge in [0.25, 0.3) is 0 Å². The summed E-state index contributed by atoms with van der Waals surface area (Å²) in [4.78, 5) is 19.7. The Bertz CT molecular complexity index is 140. The largest absolute Gasteiger partial charge is 0.387 e. The Morgan fingerprint density at radius 1 is 0.750 bits per heavy atom. The predicted molar refractivity (Wildman–Crippen MR) is 36.2 cm³/mol. The minimum atomic E-state index is -1.86. The van der Waals surface area contributed by atoms with E-state index in [0.717, 1.165) is 0 Å². The summed E-state index contributed by atoms with van der Waals surface area (Å²) in [7, 11) is 0. The van der Waals surface area contributed by atoms with Gasteiger partial charge < -0.3 is 30.0 Å². The molecule has 4 N–H and O–H groups in total. The molecular formula is C6H10O6. The molecule has 4 atom stereocenters. The van der Waals surface area contributed by atoms with Crippen LogP contribution in [0.1, 0.15) is 0 Å². The van der Waals surface area contributed by atoms with Gasteiger partial charge in [-0.1, -0.05) is 0 Å². The average molecular weight is 178 g/mol. The van der Waals surface area contributed by atoms with Gasteiger partial charge in [0.2, 0.25) is 0 Å². The lowest BCUT2D eigenvalue weighted by Crippen LogP contribution is -2.45. The van der Waals surface area contributed by atoms with E-state index in [1.165, 1.54) is 0 Å². The SMILES string of the molecule is O=C[C@@H](O)[C@H](O)[C@@H](O)[C@@H](O)C=O. The van der Waals surface area contributed by atoms with Crippen LogP contribution in [-0.4, -0.2) is 57.4 Å². The van der Waals surface area contributed by atoms with Gasteiger partial charge in [-0.2, -0.15) is 0 Å². The molecule has 0 aromatic rings. The van der Waals surface area contributed by atoms with Crippen LogP contribution in [0.5, 0.6) is 0 Å². The molecule has 0 aliphatic heterocycles. The second-order valence-electron chi connectivity index (χ2n) is 2.23. The molecule has 0 amide bonds. The fraction of sp³-hybridized carbons (Fsp3) is 0.667. The zero-order chi connectivity index (χ0) is 9.72. The zero-order valence-electron chi connectivity index (χ0n) is 6.07. The van der Waals surface area contributed by atoms with Crippen molar-refractivity contribution in [2.24, 2.45) is 0 Å². The van der Waals surface area contributed by atoms with Crippen LogP contribution in [0.4, 0.5) is 0 Å². The van der Waals surface area contributed by atoms with Gasteiger partial charge in [0, 0.05) is 0 Å². The van der Waals surface area contributed by atoms with Gasteiger partial charge in [0.15, 0.2) is 12.6 Å². The first-order chi connectivity index (χ1) is 5.54. The van der Waals surface area contributed by atoms with Crippen molar-refractivity contribution in [2.45, 2.75) is 24.4 Å². The first-order valence-electron chi connectivity index (χ1n) is 3.17. The molecule has 0 saturated carbocycles. The molecule has 0 aliphatic carbocycles. The molecule has 0 aliphatic rings. The maximum absolute atomic E-state index is 9.87. The van der Waals surface area contributed by atoms with E-state index < -0.39 is 24.4 Å². The molecule has 6 nitrogen and oxygen atoms in total. The molecule has 0 aromatic carbocycles. The van der Waals surface area contributed by atoms with Gasteiger partial charge >= 0.3 is 0 Å². The molecule has 6 heteroatoms. The molecule has 0 spiro atoms. The summed E-state index contributed by atoms with van der Waals surface area (Å²) >= 11 is 0. The highest BCUT2D eigenvalue weighted by Crippen LogP contribution is 2.01. The van der Waals surface area contributed by atoms with E-state index in [-0.39, 0.29) is 12.6 Å². The quantitative estimate of drug-likeness (QED) is 0.330. The van der Waals surface area contributed by atoms with Crippen molar-refractivity contribution < 1.29 is 30.0 Å². The van der Waals surface area contributed by atoms with E-state index in [4.69, 9.17) is 20.4 Å². The van der Waals surface area contributed by atoms with Crippen molar-refractivity contribution in [3.05, 3.63) is 0 Å². The molecule has 70 valence electrons. The fourth-order valence-corrected chi connectivity index (χ4v) is 0.565. The normalized spacial score (nSPS) is 20.7. The molecule has 0 bridgehead atoms. The standard InChI is InChI=1S/C6H10O6/c7-1-3(9)5(11)6(12)4(10)2-8/h1-6,9-12H/t3-,4+,5-,6-/m0/s1. The number of aldehydes is 2. The minimum Gasteiger partial charge on any atom is -0.387 e. The van der Waals surface area contributed by atoms with Crippen molar-refractivity contribution >= 4 is 12.6 Å². The van der Waals surface area contributed by atoms with Gasteiger partial charge in [-0.05, 0) is 0 Å². The van der Waals surface area contributed by atoms with Crippen LogP contribution in [-0.2, 0) is 9.59 Å². The van der Waals surface area contributed by atoms with Crippen molar-refractivity contribution in [3.8, 4) is 0 Å². The Hall–Kier alpha value is -0.820. The lowest BCUT2D eigenvalue weighted by atomic mass is 10.1. The lowest BCUT2D eigenvalue weighted by molar-refractivity contribution is -0.140. The topological polar surface area (TPSA) is 115 Å². The van der Waals surface area contributed by atoms with Crippen molar-refractivity contribution in [1.82, 2.24) is 0 Å². The van der Waals surface area contributed by atoms with Crippen LogP contribution < -0.4 is 0 Å². The van der Waals surface area contributed by atoms with Gasteiger partial charge in [-0.15, -0.1) is 0 Å². The van der Waals surface area contributed by atoms with E-state index in [9.17, 15) is 9.59 Å². The molecule has 0 fully saturated rings. The number of aliphatic hydroxyl groups excluding tert-OH is 4. The smallest absolute Gasteiger partial charge is 0.151 e. The molecular weight excluding hydrogens is 168 g/mol. The van der Waals surface area contributed by atoms with Gasteiger partial charge in [-0.3, -0.25) is 0 Å². The lowest BCUT2D eigenvalue weighted by Gasteiger charge is -2.20. The van der Waals surface area contributed by atoms with Crippen molar-refractivity contribution in [3.63, 3.8) is 0 Å². The number of rotatable bonds is 5. The molecule has 0 rings (SSSR count). The molecule has 0 saturated heterocycles. The second kappa shape index (κ2) is 4.94. The van der Waals surface area contributed by atoms with Crippen LogP contribution >= 0.6 is 0 Å². The minimum absolute atomic E-state index is 0.00852. The Morgan fingerprint density at radius 3 is 1.17 bits per heavy atom. The summed E-state index contributed by atoms with van der Waals surface area (Å²) in [5.74, 6) is 0. The highest BCUT2D eigenvalue weighted by atomic mass is 16.4. The number of hydrogen-bond donors (Lipinski definition) is 4. The van der Waals surface area contributed by atoms with Crippen LogP contribution in [0.15, 0.2) is 0 Å². The van der Waals surface area contributed by atoms with Crippen LogP contribution in [0.3, 0.4) is 0 Å². The third-order valence-electron chi connectivity index (χ3n) is 1.33. The number of aliphatic hydroxyl groups is 4. The Morgan fingerprint density at radius 2 is 1.00 bits per heavy atom. The van der Waals surface area contributed by atoms with Crippen LogP contribution in [0.25, 0.3) is 0 Å². The summed E-state index contributed by atoms with van der Waals surface area (Å²) in [6.45, 7) is 0. The number of hydrogen-bond acceptors (Lipinski definition) is 6. The number of carbonyl (C=O) groups is 2. The first kappa shape index (κ1) is 11.2. The van der Waals surface area contributed by atoms with Crippen molar-refractivity contribution in [1.29, 1.82) is 0 Å². The van der Waals surface area contributed by atoms with E-state index >= 15 is 0 Å². The van der Waals surface area contributed by atoms with Gasteiger partial charge in [0.1, 0.15) is 24.4 Å². The molecule has 12 heavy (non-hydrogen) atoms. The third kappa shape index (κ3) is 2.67. The number of carbonyl (C=O) groups excluding carboxylic acids is 2. The van der Waals surface area contributed by atoms with Crippen LogP contribution in [0.2, 0.25) is 0 Å². The maximum atomic E-state index is 9.87. The third-order valence-corrected chi connectivity index (χ3v) is 1.33. The van der Waals surface area contributed by atoms with Gasteiger partial charge in [0.05, 0.1) is 0 Å². The van der Waals surface area contributed by atoms with Gasteiger partial charge in [-0.25, -0.2) is 0 Å². The summed E-state index contributed by atoms with van der Waals surface area (Å²) < 4.78 is 0. The van der Waals surface area contributed by atoms with E-state index in [1.54, 1.807) is 0 Å². The highest BCUT2D eigenvalue weighted by Gasteiger charge is 2.29. The van der Waals surface area contributed by atoms with Crippen molar-refractivity contribution in [2.75, 3.05) is 0 Å². The fourth-order valence-electron chi connectivity index (χ4n) is 0.565. The summed E-state index contributed by atoms with van der Waals surface area (Å²) in [5, 5.41) is 34.9. The first-order valence-corrected chi connectivity index (χ1v) is 3.17. The summed E-state index contributed by atoms with van der Waals surface area (Å²) in [6, 6.07) is 0. The molecule has 0 radical (unpaired) electrons. The monoisotopic (exact) mass is 178 g/mol. The second-order valence-corrected chi connectivity index (χ2v) is 2.23. The molecule has 0 heterocycles. The zero-order valence-corrected chi connectivity index (χ0v) is 6.07. The highest BCUT2D eigenvalue weighted by molar-refractivity contribution is 5.59. The molecule has 0 unspecified atom stereocenters. The Balaban J connectivity index is 4.16. The summed E-state index contributed by atoms with van der Waals surface area (Å²) in [5.41, 5.74) is 0. The van der Waals surface area contributed by atoms with E-state index in [0.29, 0.717) is 0 Å². The Kier molecular flexibility index (Phi) is 4.60. The maximum Gasteiger partial charge on any atom is 0.151 e. The van der Waals surface area contributed by atoms with E-state index in [1.807, 2.05) is 0 Å². The average Bonchev–Trinajstić information content (AvgIpc) is 2.12. The predicted octanol–water partition coefficient (Wildman–Crippen LogP) is -3.17. The van der Waals surface area contributed by atoms with Crippen LogP contribution in [0, 0.1) is 0 Å². The summed E-state index contributed by atoms with van der Waals surface area (Å²) in [6.07, 6.45) is -7.36. The Labute approximate surface area is 68.1 Å².